The van der Waals surface area contributed by atoms with Gasteiger partial charge in [0, 0.05) is 11.6 Å². The zero-order valence-corrected chi connectivity index (χ0v) is 17.8. The van der Waals surface area contributed by atoms with Crippen LogP contribution in [0.15, 0.2) is 78.5 Å². The van der Waals surface area contributed by atoms with Gasteiger partial charge in [-0.25, -0.2) is 4.79 Å². The van der Waals surface area contributed by atoms with Crippen LogP contribution in [0.1, 0.15) is 27.0 Å². The highest BCUT2D eigenvalue weighted by atomic mass is 19.4. The van der Waals surface area contributed by atoms with Gasteiger partial charge in [0.1, 0.15) is 18.1 Å². The number of aliphatic carboxylic acids is 1. The van der Waals surface area contributed by atoms with Gasteiger partial charge in [-0.05, 0) is 48.0 Å². The molecule has 0 spiro atoms. The number of halogens is 3. The molecule has 0 fully saturated rings. The molecule has 11 heteroatoms. The molecule has 180 valence electrons. The number of nitrogens with one attached hydrogen (secondary N) is 1. The molecular weight excluding hydrogens is 469 g/mol. The van der Waals surface area contributed by atoms with Crippen LogP contribution in [0.25, 0.3) is 6.08 Å². The number of nitro benzene ring substituents is 1. The Bertz CT molecular complexity index is 1270. The molecule has 3 rings (SSSR count). The van der Waals surface area contributed by atoms with Gasteiger partial charge in [0.15, 0.2) is 0 Å². The summed E-state index contributed by atoms with van der Waals surface area (Å²) >= 11 is 0. The lowest BCUT2D eigenvalue weighted by Gasteiger charge is -2.10. The molecule has 8 nitrogen and oxygen atoms in total. The minimum Gasteiger partial charge on any atom is -0.489 e. The van der Waals surface area contributed by atoms with Crippen LogP contribution in [-0.4, -0.2) is 21.9 Å². The first-order valence-corrected chi connectivity index (χ1v) is 9.93. The van der Waals surface area contributed by atoms with E-state index in [0.29, 0.717) is 11.6 Å². The van der Waals surface area contributed by atoms with Gasteiger partial charge in [-0.15, -0.1) is 0 Å². The average molecular weight is 486 g/mol. The summed E-state index contributed by atoms with van der Waals surface area (Å²) in [4.78, 5) is 34.0. The SMILES string of the molecule is O=C(O)C(=Cc1ccc(OCc2ccc(C(F)(F)F)cc2[N+](=O)[O-])cc1)NC(=O)c1ccccc1. The van der Waals surface area contributed by atoms with E-state index in [0.717, 1.165) is 12.1 Å². The number of hydrogen-bond donors (Lipinski definition) is 2. The molecular formula is C24H17F3N2O6. The van der Waals surface area contributed by atoms with Crippen molar-refractivity contribution in [2.45, 2.75) is 12.8 Å². The highest BCUT2D eigenvalue weighted by Gasteiger charge is 2.33. The largest absolute Gasteiger partial charge is 0.489 e. The number of benzene rings is 3. The summed E-state index contributed by atoms with van der Waals surface area (Å²) in [5.41, 5.74) is -1.60. The number of nitrogens with zero attached hydrogens (tertiary/aromatic N) is 1. The van der Waals surface area contributed by atoms with E-state index in [-0.39, 0.29) is 29.2 Å². The number of carbonyl (C=O) groups is 2. The molecule has 0 saturated carbocycles. The number of alkyl halides is 3. The van der Waals surface area contributed by atoms with Gasteiger partial charge in [0.2, 0.25) is 0 Å². The van der Waals surface area contributed by atoms with Gasteiger partial charge in [-0.1, -0.05) is 30.3 Å². The van der Waals surface area contributed by atoms with Gasteiger partial charge in [-0.2, -0.15) is 13.2 Å². The molecule has 0 heterocycles. The second kappa shape index (κ2) is 10.5. The molecule has 0 atom stereocenters. The Kier molecular flexibility index (Phi) is 7.49. The number of carboxylic acid groups (broad SMARTS) is 1. The average Bonchev–Trinajstić information content (AvgIpc) is 2.82. The van der Waals surface area contributed by atoms with E-state index in [1.165, 1.54) is 42.5 Å². The van der Waals surface area contributed by atoms with Crippen molar-refractivity contribution in [3.05, 3.63) is 111 Å². The van der Waals surface area contributed by atoms with Crippen molar-refractivity contribution in [1.82, 2.24) is 5.32 Å². The number of ether oxygens (including phenoxy) is 1. The van der Waals surface area contributed by atoms with Crippen LogP contribution in [0.5, 0.6) is 5.75 Å². The maximum absolute atomic E-state index is 12.8. The van der Waals surface area contributed by atoms with Crippen LogP contribution in [0, 0.1) is 10.1 Å². The van der Waals surface area contributed by atoms with E-state index >= 15 is 0 Å². The first-order valence-electron chi connectivity index (χ1n) is 9.93. The van der Waals surface area contributed by atoms with Gasteiger partial charge in [0.25, 0.3) is 11.6 Å². The highest BCUT2D eigenvalue weighted by molar-refractivity contribution is 6.02. The van der Waals surface area contributed by atoms with Crippen molar-refractivity contribution in [2.75, 3.05) is 0 Å². The summed E-state index contributed by atoms with van der Waals surface area (Å²) in [5, 5.41) is 22.9. The fourth-order valence-electron chi connectivity index (χ4n) is 2.96. The third kappa shape index (κ3) is 6.67. The highest BCUT2D eigenvalue weighted by Crippen LogP contribution is 2.33. The number of amides is 1. The third-order valence-electron chi connectivity index (χ3n) is 4.71. The van der Waals surface area contributed by atoms with Gasteiger partial charge >= 0.3 is 12.1 Å². The molecule has 3 aromatic carbocycles. The zero-order valence-electron chi connectivity index (χ0n) is 17.8. The van der Waals surface area contributed by atoms with Crippen LogP contribution >= 0.6 is 0 Å². The van der Waals surface area contributed by atoms with E-state index in [9.17, 15) is 38.0 Å². The first kappa shape index (κ1) is 25.0. The molecule has 0 aliphatic carbocycles. The fourth-order valence-corrected chi connectivity index (χ4v) is 2.96. The Labute approximate surface area is 196 Å². The molecule has 2 N–H and O–H groups in total. The summed E-state index contributed by atoms with van der Waals surface area (Å²) in [6.45, 7) is -0.364. The first-order chi connectivity index (χ1) is 16.5. The molecule has 0 aromatic heterocycles. The third-order valence-corrected chi connectivity index (χ3v) is 4.71. The number of hydrogen-bond acceptors (Lipinski definition) is 5. The zero-order chi connectivity index (χ0) is 25.6. The second-order valence-corrected chi connectivity index (χ2v) is 7.14. The van der Waals surface area contributed by atoms with Crippen LogP contribution in [0.4, 0.5) is 18.9 Å². The van der Waals surface area contributed by atoms with Crippen molar-refractivity contribution in [2.24, 2.45) is 0 Å². The summed E-state index contributed by atoms with van der Waals surface area (Å²) in [6, 6.07) is 16.1. The van der Waals surface area contributed by atoms with E-state index in [1.807, 2.05) is 0 Å². The predicted octanol–water partition coefficient (Wildman–Crippen LogP) is 5.05. The van der Waals surface area contributed by atoms with Crippen molar-refractivity contribution >= 4 is 23.6 Å². The lowest BCUT2D eigenvalue weighted by molar-refractivity contribution is -0.386. The van der Waals surface area contributed by atoms with Gasteiger partial charge in [-0.3, -0.25) is 14.9 Å². The summed E-state index contributed by atoms with van der Waals surface area (Å²) in [5.74, 6) is -1.72. The topological polar surface area (TPSA) is 119 Å². The van der Waals surface area contributed by atoms with Crippen molar-refractivity contribution in [3.8, 4) is 5.75 Å². The molecule has 35 heavy (non-hydrogen) atoms. The summed E-state index contributed by atoms with van der Waals surface area (Å²) in [7, 11) is 0. The Morgan fingerprint density at radius 2 is 1.69 bits per heavy atom. The van der Waals surface area contributed by atoms with Crippen molar-refractivity contribution < 1.29 is 37.5 Å². The summed E-state index contributed by atoms with van der Waals surface area (Å²) in [6.07, 6.45) is -3.49. The molecule has 0 aliphatic rings. The summed E-state index contributed by atoms with van der Waals surface area (Å²) < 4.78 is 43.9. The van der Waals surface area contributed by atoms with Crippen LogP contribution in [0.2, 0.25) is 0 Å². The predicted molar refractivity (Wildman–Crippen MR) is 118 cm³/mol. The minimum absolute atomic E-state index is 0.0521. The normalized spacial score (nSPS) is 11.6. The molecule has 0 bridgehead atoms. The monoisotopic (exact) mass is 486 g/mol. The van der Waals surface area contributed by atoms with Crippen LogP contribution in [0.3, 0.4) is 0 Å². The van der Waals surface area contributed by atoms with E-state index in [4.69, 9.17) is 4.74 Å². The standard InChI is InChI=1S/C24H17F3N2O6/c25-24(26,27)18-9-8-17(21(13-18)29(33)34)14-35-19-10-6-15(7-11-19)12-20(23(31)32)28-22(30)16-4-2-1-3-5-16/h1-13H,14H2,(H,28,30)(H,31,32). The fraction of sp³-hybridized carbons (Fsp3) is 0.0833. The quantitative estimate of drug-likeness (QED) is 0.261. The van der Waals surface area contributed by atoms with Crippen LogP contribution < -0.4 is 10.1 Å². The van der Waals surface area contributed by atoms with E-state index < -0.39 is 34.2 Å². The lowest BCUT2D eigenvalue weighted by atomic mass is 10.1. The molecule has 0 aliphatic heterocycles. The molecule has 0 unspecified atom stereocenters. The minimum atomic E-state index is -4.72. The number of nitro groups is 1. The maximum Gasteiger partial charge on any atom is 0.416 e. The Morgan fingerprint density at radius 3 is 2.26 bits per heavy atom. The Balaban J connectivity index is 1.72. The Morgan fingerprint density at radius 1 is 1.03 bits per heavy atom. The smallest absolute Gasteiger partial charge is 0.416 e. The van der Waals surface area contributed by atoms with Gasteiger partial charge < -0.3 is 15.2 Å². The number of carboxylic acids is 1. The molecule has 0 saturated heterocycles. The maximum atomic E-state index is 12.8. The Hall–Kier alpha value is -4.67. The second-order valence-electron chi connectivity index (χ2n) is 7.14. The molecule has 0 radical (unpaired) electrons. The van der Waals surface area contributed by atoms with E-state index in [1.54, 1.807) is 18.2 Å². The number of carbonyl (C=O) groups excluding carboxylic acids is 1. The number of rotatable bonds is 8. The van der Waals surface area contributed by atoms with Crippen LogP contribution in [-0.2, 0) is 17.6 Å². The molecule has 1 amide bonds. The lowest BCUT2D eigenvalue weighted by Crippen LogP contribution is -2.27. The van der Waals surface area contributed by atoms with Crippen molar-refractivity contribution in [3.63, 3.8) is 0 Å². The van der Waals surface area contributed by atoms with E-state index in [2.05, 4.69) is 5.32 Å². The van der Waals surface area contributed by atoms with Gasteiger partial charge in [0.05, 0.1) is 16.1 Å². The molecule has 3 aromatic rings. The van der Waals surface area contributed by atoms with Crippen molar-refractivity contribution in [1.29, 1.82) is 0 Å².